The highest BCUT2D eigenvalue weighted by Gasteiger charge is 2.29. The molecular formula is C13H23N5O. The van der Waals surface area contributed by atoms with E-state index in [-0.39, 0.29) is 11.5 Å². The molecule has 0 spiro atoms. The fraction of sp³-hybridized carbons (Fsp3) is 0.692. The number of nitrogens with one attached hydrogen (secondary N) is 2. The molecule has 0 radical (unpaired) electrons. The van der Waals surface area contributed by atoms with E-state index in [4.69, 9.17) is 10.6 Å². The lowest BCUT2D eigenvalue weighted by molar-refractivity contribution is 0.0538. The molecule has 1 aliphatic rings. The van der Waals surface area contributed by atoms with Gasteiger partial charge in [0.15, 0.2) is 0 Å². The lowest BCUT2D eigenvalue weighted by Gasteiger charge is -2.35. The maximum absolute atomic E-state index is 5.57. The van der Waals surface area contributed by atoms with Crippen LogP contribution < -0.4 is 16.6 Å². The normalized spacial score (nSPS) is 23.4. The van der Waals surface area contributed by atoms with Crippen LogP contribution in [0.4, 0.5) is 11.6 Å². The molecule has 1 unspecified atom stereocenters. The van der Waals surface area contributed by atoms with Gasteiger partial charge in [0.1, 0.15) is 18.0 Å². The minimum absolute atomic E-state index is 0.0812. The first-order valence-corrected chi connectivity index (χ1v) is 6.73. The van der Waals surface area contributed by atoms with Gasteiger partial charge in [-0.3, -0.25) is 0 Å². The second-order valence-corrected chi connectivity index (χ2v) is 5.63. The predicted octanol–water partition coefficient (Wildman–Crippen LogP) is 1.87. The van der Waals surface area contributed by atoms with Crippen molar-refractivity contribution in [3.05, 3.63) is 11.9 Å². The predicted molar refractivity (Wildman–Crippen MR) is 76.0 cm³/mol. The summed E-state index contributed by atoms with van der Waals surface area (Å²) in [4.78, 5) is 8.55. The average molecular weight is 265 g/mol. The Hall–Kier alpha value is -1.40. The Morgan fingerprint density at radius 1 is 1.37 bits per heavy atom. The maximum Gasteiger partial charge on any atom is 0.148 e. The summed E-state index contributed by atoms with van der Waals surface area (Å²) in [6.07, 6.45) is 3.66. The fourth-order valence-electron chi connectivity index (χ4n) is 2.48. The molecule has 1 fully saturated rings. The van der Waals surface area contributed by atoms with Gasteiger partial charge in [-0.05, 0) is 25.7 Å². The van der Waals surface area contributed by atoms with E-state index >= 15 is 0 Å². The van der Waals surface area contributed by atoms with Gasteiger partial charge in [0.25, 0.3) is 0 Å². The van der Waals surface area contributed by atoms with Crippen molar-refractivity contribution >= 4 is 11.6 Å². The zero-order chi connectivity index (χ0) is 13.9. The Balaban J connectivity index is 2.28. The summed E-state index contributed by atoms with van der Waals surface area (Å²) in [5.74, 6) is 7.32. The van der Waals surface area contributed by atoms with E-state index in [1.165, 1.54) is 6.33 Å². The molecule has 19 heavy (non-hydrogen) atoms. The number of nitrogens with two attached hydrogens (primary N) is 1. The first kappa shape index (κ1) is 14.0. The van der Waals surface area contributed by atoms with Gasteiger partial charge in [0, 0.05) is 12.2 Å². The Labute approximate surface area is 114 Å². The molecule has 0 saturated carbocycles. The van der Waals surface area contributed by atoms with Crippen LogP contribution in [0.25, 0.3) is 0 Å². The number of nitrogen functional groups attached to an aromatic ring is 1. The highest BCUT2D eigenvalue weighted by Crippen LogP contribution is 2.31. The number of hydrogen-bond acceptors (Lipinski definition) is 6. The van der Waals surface area contributed by atoms with Crippen LogP contribution >= 0.6 is 0 Å². The third kappa shape index (κ3) is 3.13. The highest BCUT2D eigenvalue weighted by atomic mass is 16.5. The summed E-state index contributed by atoms with van der Waals surface area (Å²) in [6, 6.07) is 0. The summed E-state index contributed by atoms with van der Waals surface area (Å²) >= 11 is 0. The first-order valence-electron chi connectivity index (χ1n) is 6.73. The third-order valence-electron chi connectivity index (χ3n) is 3.46. The molecule has 1 atom stereocenters. The molecule has 106 valence electrons. The van der Waals surface area contributed by atoms with E-state index in [9.17, 15) is 0 Å². The zero-order valence-corrected chi connectivity index (χ0v) is 11.9. The summed E-state index contributed by atoms with van der Waals surface area (Å²) in [7, 11) is 0. The summed E-state index contributed by atoms with van der Waals surface area (Å²) in [5, 5.41) is 3.51. The van der Waals surface area contributed by atoms with E-state index in [2.05, 4.69) is 41.5 Å². The average Bonchev–Trinajstić information content (AvgIpc) is 2.38. The molecule has 2 heterocycles. The summed E-state index contributed by atoms with van der Waals surface area (Å²) < 4.78 is 5.57. The topological polar surface area (TPSA) is 85.1 Å². The lowest BCUT2D eigenvalue weighted by atomic mass is 9.94. The van der Waals surface area contributed by atoms with E-state index in [0.717, 1.165) is 30.8 Å². The van der Waals surface area contributed by atoms with Crippen LogP contribution in [0.15, 0.2) is 6.33 Å². The Morgan fingerprint density at radius 2 is 2.11 bits per heavy atom. The minimum atomic E-state index is -0.0812. The molecule has 1 aliphatic heterocycles. The van der Waals surface area contributed by atoms with Gasteiger partial charge in [0.05, 0.1) is 12.1 Å². The smallest absolute Gasteiger partial charge is 0.148 e. The quantitative estimate of drug-likeness (QED) is 0.569. The summed E-state index contributed by atoms with van der Waals surface area (Å²) in [5.41, 5.74) is 3.57. The third-order valence-corrected chi connectivity index (χ3v) is 3.46. The van der Waals surface area contributed by atoms with E-state index in [1.807, 2.05) is 0 Å². The van der Waals surface area contributed by atoms with Crippen molar-refractivity contribution in [2.24, 2.45) is 5.84 Å². The van der Waals surface area contributed by atoms with Crippen molar-refractivity contribution in [1.29, 1.82) is 0 Å². The van der Waals surface area contributed by atoms with Gasteiger partial charge < -0.3 is 15.5 Å². The molecule has 0 bridgehead atoms. The number of hydrogen-bond donors (Lipinski definition) is 3. The molecule has 1 aromatic rings. The Morgan fingerprint density at radius 3 is 2.68 bits per heavy atom. The molecule has 1 saturated heterocycles. The molecule has 0 amide bonds. The SMILES string of the molecule is CC(C)c1c(NN)ncnc1NC1(C)CCCOC1. The highest BCUT2D eigenvalue weighted by molar-refractivity contribution is 5.59. The van der Waals surface area contributed by atoms with E-state index in [0.29, 0.717) is 12.4 Å². The van der Waals surface area contributed by atoms with Crippen LogP contribution in [0, 0.1) is 0 Å². The van der Waals surface area contributed by atoms with Crippen LogP contribution in [-0.4, -0.2) is 28.7 Å². The molecule has 2 rings (SSSR count). The van der Waals surface area contributed by atoms with E-state index < -0.39 is 0 Å². The first-order chi connectivity index (χ1) is 9.06. The van der Waals surface area contributed by atoms with Crippen LogP contribution in [0.3, 0.4) is 0 Å². The Kier molecular flexibility index (Phi) is 4.21. The van der Waals surface area contributed by atoms with Crippen LogP contribution in [0.2, 0.25) is 0 Å². The maximum atomic E-state index is 5.57. The molecule has 0 aromatic carbocycles. The van der Waals surface area contributed by atoms with Gasteiger partial charge in [-0.1, -0.05) is 13.8 Å². The molecule has 6 nitrogen and oxygen atoms in total. The van der Waals surface area contributed by atoms with Gasteiger partial charge >= 0.3 is 0 Å². The second-order valence-electron chi connectivity index (χ2n) is 5.63. The van der Waals surface area contributed by atoms with Crippen molar-refractivity contribution in [1.82, 2.24) is 9.97 Å². The van der Waals surface area contributed by atoms with Gasteiger partial charge in [-0.2, -0.15) is 0 Å². The van der Waals surface area contributed by atoms with Crippen LogP contribution in [0.1, 0.15) is 45.1 Å². The van der Waals surface area contributed by atoms with Gasteiger partial charge in [0.2, 0.25) is 0 Å². The van der Waals surface area contributed by atoms with Crippen molar-refractivity contribution in [3.63, 3.8) is 0 Å². The molecule has 1 aromatic heterocycles. The number of anilines is 2. The number of aromatic nitrogens is 2. The number of rotatable bonds is 4. The van der Waals surface area contributed by atoms with Gasteiger partial charge in [-0.25, -0.2) is 15.8 Å². The second kappa shape index (κ2) is 5.71. The van der Waals surface area contributed by atoms with Crippen molar-refractivity contribution < 1.29 is 4.74 Å². The Bertz CT molecular complexity index is 429. The standard InChI is InChI=1S/C13H23N5O/c1-9(2)10-11(15-8-16-12(10)18-14)17-13(3)5-4-6-19-7-13/h8-9H,4-7,14H2,1-3H3,(H2,15,16,17,18). The zero-order valence-electron chi connectivity index (χ0n) is 11.9. The van der Waals surface area contributed by atoms with Crippen LogP contribution in [-0.2, 0) is 4.74 Å². The molecular weight excluding hydrogens is 242 g/mol. The van der Waals surface area contributed by atoms with Gasteiger partial charge in [-0.15, -0.1) is 0 Å². The fourth-order valence-corrected chi connectivity index (χ4v) is 2.48. The molecule has 0 aliphatic carbocycles. The largest absolute Gasteiger partial charge is 0.379 e. The molecule has 6 heteroatoms. The lowest BCUT2D eigenvalue weighted by Crippen LogP contribution is -2.43. The van der Waals surface area contributed by atoms with E-state index in [1.54, 1.807) is 0 Å². The summed E-state index contributed by atoms with van der Waals surface area (Å²) in [6.45, 7) is 7.90. The minimum Gasteiger partial charge on any atom is -0.379 e. The van der Waals surface area contributed by atoms with Crippen molar-refractivity contribution in [2.75, 3.05) is 24.0 Å². The van der Waals surface area contributed by atoms with Crippen molar-refractivity contribution in [3.8, 4) is 0 Å². The number of ether oxygens (including phenoxy) is 1. The number of nitrogens with zero attached hydrogens (tertiary/aromatic N) is 2. The van der Waals surface area contributed by atoms with Crippen molar-refractivity contribution in [2.45, 2.75) is 45.1 Å². The van der Waals surface area contributed by atoms with Crippen LogP contribution in [0.5, 0.6) is 0 Å². The monoisotopic (exact) mass is 265 g/mol. The molecule has 4 N–H and O–H groups in total. The number of hydrazine groups is 1.